The number of nitrogens with one attached hydrogen (secondary N) is 2. The molecule has 1 aliphatic heterocycles. The van der Waals surface area contributed by atoms with Crippen LogP contribution in [0.15, 0.2) is 34.2 Å². The summed E-state index contributed by atoms with van der Waals surface area (Å²) in [6, 6.07) is 7.13. The standard InChI is InChI=1S/C19H33N5O3S/c1-4-20-19(21-10-7-15-27-3)22-16-17-8-5-6-9-18(17)28(25,26)24-13-11-23(2)12-14-24/h5-6,8-9H,4,7,10-16H2,1-3H3,(H2,20,21,22). The number of piperazine rings is 1. The number of benzene rings is 1. The second-order valence-electron chi connectivity index (χ2n) is 6.78. The van der Waals surface area contributed by atoms with Crippen LogP contribution in [-0.4, -0.2) is 83.6 Å². The zero-order valence-corrected chi connectivity index (χ0v) is 18.0. The Bertz CT molecular complexity index is 731. The molecule has 1 aromatic rings. The van der Waals surface area contributed by atoms with Crippen molar-refractivity contribution in [2.45, 2.75) is 24.8 Å². The molecule has 0 radical (unpaired) electrons. The Kier molecular flexibility index (Phi) is 9.17. The summed E-state index contributed by atoms with van der Waals surface area (Å²) in [5, 5.41) is 6.43. The average molecular weight is 412 g/mol. The van der Waals surface area contributed by atoms with E-state index in [-0.39, 0.29) is 0 Å². The van der Waals surface area contributed by atoms with E-state index in [4.69, 9.17) is 4.74 Å². The Morgan fingerprint density at radius 1 is 1.18 bits per heavy atom. The number of sulfonamides is 1. The highest BCUT2D eigenvalue weighted by atomic mass is 32.2. The lowest BCUT2D eigenvalue weighted by molar-refractivity contribution is 0.195. The molecule has 1 aliphatic rings. The molecular weight excluding hydrogens is 378 g/mol. The van der Waals surface area contributed by atoms with E-state index in [0.29, 0.717) is 42.7 Å². The molecular formula is C19H33N5O3S. The third-order valence-corrected chi connectivity index (χ3v) is 6.62. The maximum Gasteiger partial charge on any atom is 0.243 e. The van der Waals surface area contributed by atoms with E-state index in [9.17, 15) is 8.42 Å². The van der Waals surface area contributed by atoms with E-state index in [1.807, 2.05) is 26.1 Å². The summed E-state index contributed by atoms with van der Waals surface area (Å²) in [6.45, 7) is 6.96. The minimum absolute atomic E-state index is 0.294. The van der Waals surface area contributed by atoms with Crippen LogP contribution >= 0.6 is 0 Å². The van der Waals surface area contributed by atoms with Crippen molar-refractivity contribution in [2.75, 3.05) is 60.0 Å². The van der Waals surface area contributed by atoms with Crippen LogP contribution in [0.3, 0.4) is 0 Å². The molecule has 2 rings (SSSR count). The van der Waals surface area contributed by atoms with Crippen LogP contribution in [0.1, 0.15) is 18.9 Å². The van der Waals surface area contributed by atoms with Gasteiger partial charge in [-0.25, -0.2) is 13.4 Å². The third kappa shape index (κ3) is 6.44. The fourth-order valence-corrected chi connectivity index (χ4v) is 4.62. The number of aliphatic imine (C=N–C) groups is 1. The monoisotopic (exact) mass is 411 g/mol. The molecule has 0 atom stereocenters. The summed E-state index contributed by atoms with van der Waals surface area (Å²) >= 11 is 0. The smallest absolute Gasteiger partial charge is 0.243 e. The minimum Gasteiger partial charge on any atom is -0.385 e. The fourth-order valence-electron chi connectivity index (χ4n) is 2.98. The molecule has 0 saturated carbocycles. The maximum absolute atomic E-state index is 13.1. The fraction of sp³-hybridized carbons (Fsp3) is 0.632. The second-order valence-corrected chi connectivity index (χ2v) is 8.69. The number of ether oxygens (including phenoxy) is 1. The average Bonchev–Trinajstić information content (AvgIpc) is 2.70. The van der Waals surface area contributed by atoms with Crippen molar-refractivity contribution in [2.24, 2.45) is 4.99 Å². The largest absolute Gasteiger partial charge is 0.385 e. The first kappa shape index (κ1) is 22.6. The number of nitrogens with zero attached hydrogens (tertiary/aromatic N) is 3. The van der Waals surface area contributed by atoms with Gasteiger partial charge in [-0.15, -0.1) is 0 Å². The lowest BCUT2D eigenvalue weighted by atomic mass is 10.2. The molecule has 1 fully saturated rings. The molecule has 0 aromatic heterocycles. The van der Waals surface area contributed by atoms with Crippen molar-refractivity contribution in [3.63, 3.8) is 0 Å². The predicted molar refractivity (Wildman–Crippen MR) is 112 cm³/mol. The van der Waals surface area contributed by atoms with Gasteiger partial charge in [-0.05, 0) is 32.0 Å². The Balaban J connectivity index is 2.13. The molecule has 28 heavy (non-hydrogen) atoms. The van der Waals surface area contributed by atoms with Crippen LogP contribution in [0, 0.1) is 0 Å². The normalized spacial score (nSPS) is 16.9. The molecule has 158 valence electrons. The summed E-state index contributed by atoms with van der Waals surface area (Å²) < 4.78 is 32.9. The first-order chi connectivity index (χ1) is 13.5. The highest BCUT2D eigenvalue weighted by Crippen LogP contribution is 2.22. The van der Waals surface area contributed by atoms with Gasteiger partial charge < -0.3 is 20.3 Å². The molecule has 9 heteroatoms. The van der Waals surface area contributed by atoms with E-state index in [2.05, 4.69) is 20.5 Å². The lowest BCUT2D eigenvalue weighted by Gasteiger charge is -2.32. The first-order valence-electron chi connectivity index (χ1n) is 9.76. The van der Waals surface area contributed by atoms with Crippen molar-refractivity contribution in [1.82, 2.24) is 19.8 Å². The molecule has 8 nitrogen and oxygen atoms in total. The van der Waals surface area contributed by atoms with Gasteiger partial charge in [-0.1, -0.05) is 18.2 Å². The molecule has 0 spiro atoms. The highest BCUT2D eigenvalue weighted by molar-refractivity contribution is 7.89. The van der Waals surface area contributed by atoms with Gasteiger partial charge in [0.1, 0.15) is 0 Å². The number of rotatable bonds is 9. The first-order valence-corrected chi connectivity index (χ1v) is 11.2. The van der Waals surface area contributed by atoms with Gasteiger partial charge in [0.15, 0.2) is 5.96 Å². The van der Waals surface area contributed by atoms with Gasteiger partial charge in [0.2, 0.25) is 10.0 Å². The zero-order valence-electron chi connectivity index (χ0n) is 17.1. The van der Waals surface area contributed by atoms with E-state index in [1.165, 1.54) is 0 Å². The van der Waals surface area contributed by atoms with Gasteiger partial charge in [-0.3, -0.25) is 0 Å². The van der Waals surface area contributed by atoms with E-state index in [1.54, 1.807) is 23.5 Å². The lowest BCUT2D eigenvalue weighted by Crippen LogP contribution is -2.47. The van der Waals surface area contributed by atoms with Gasteiger partial charge >= 0.3 is 0 Å². The van der Waals surface area contributed by atoms with E-state index < -0.39 is 10.0 Å². The topological polar surface area (TPSA) is 86.3 Å². The van der Waals surface area contributed by atoms with Crippen molar-refractivity contribution in [3.8, 4) is 0 Å². The van der Waals surface area contributed by atoms with Crippen molar-refractivity contribution < 1.29 is 13.2 Å². The minimum atomic E-state index is -3.52. The Morgan fingerprint density at radius 3 is 2.57 bits per heavy atom. The van der Waals surface area contributed by atoms with Crippen molar-refractivity contribution >= 4 is 16.0 Å². The van der Waals surface area contributed by atoms with Crippen LogP contribution in [0.5, 0.6) is 0 Å². The molecule has 1 aromatic carbocycles. The van der Waals surface area contributed by atoms with Gasteiger partial charge in [-0.2, -0.15) is 4.31 Å². The van der Waals surface area contributed by atoms with Crippen LogP contribution in [0.25, 0.3) is 0 Å². The molecule has 1 saturated heterocycles. The van der Waals surface area contributed by atoms with E-state index in [0.717, 1.165) is 32.6 Å². The molecule has 0 unspecified atom stereocenters. The van der Waals surface area contributed by atoms with Crippen LogP contribution < -0.4 is 10.6 Å². The highest BCUT2D eigenvalue weighted by Gasteiger charge is 2.29. The quantitative estimate of drug-likeness (QED) is 0.354. The van der Waals surface area contributed by atoms with E-state index >= 15 is 0 Å². The van der Waals surface area contributed by atoms with Gasteiger partial charge in [0, 0.05) is 53.0 Å². The SMILES string of the molecule is CCNC(=NCc1ccccc1S(=O)(=O)N1CCN(C)CC1)NCCCOC. The number of hydrogen-bond donors (Lipinski definition) is 2. The molecule has 1 heterocycles. The van der Waals surface area contributed by atoms with Crippen LogP contribution in [0.4, 0.5) is 0 Å². The predicted octanol–water partition coefficient (Wildman–Crippen LogP) is 0.714. The Hall–Kier alpha value is -1.68. The maximum atomic E-state index is 13.1. The number of methoxy groups -OCH3 is 1. The summed E-state index contributed by atoms with van der Waals surface area (Å²) in [6.07, 6.45) is 0.870. The van der Waals surface area contributed by atoms with Crippen molar-refractivity contribution in [3.05, 3.63) is 29.8 Å². The third-order valence-electron chi connectivity index (χ3n) is 4.62. The molecule has 0 aliphatic carbocycles. The number of hydrogen-bond acceptors (Lipinski definition) is 5. The number of guanidine groups is 1. The summed E-state index contributed by atoms with van der Waals surface area (Å²) in [7, 11) is 0.166. The number of likely N-dealkylation sites (N-methyl/N-ethyl adjacent to an activating group) is 1. The zero-order chi connectivity index (χ0) is 20.4. The molecule has 0 bridgehead atoms. The Labute approximate surface area is 169 Å². The summed E-state index contributed by atoms with van der Waals surface area (Å²) in [5.41, 5.74) is 0.704. The summed E-state index contributed by atoms with van der Waals surface area (Å²) in [4.78, 5) is 7.06. The van der Waals surface area contributed by atoms with Crippen LogP contribution in [0.2, 0.25) is 0 Å². The molecule has 2 N–H and O–H groups in total. The van der Waals surface area contributed by atoms with Gasteiger partial charge in [0.25, 0.3) is 0 Å². The Morgan fingerprint density at radius 2 is 1.89 bits per heavy atom. The van der Waals surface area contributed by atoms with Crippen LogP contribution in [-0.2, 0) is 21.3 Å². The van der Waals surface area contributed by atoms with Gasteiger partial charge in [0.05, 0.1) is 11.4 Å². The van der Waals surface area contributed by atoms with Crippen molar-refractivity contribution in [1.29, 1.82) is 0 Å². The molecule has 0 amide bonds. The second kappa shape index (κ2) is 11.4. The summed E-state index contributed by atoms with van der Waals surface area (Å²) in [5.74, 6) is 0.672.